The molecule has 3 rings (SSSR count). The van der Waals surface area contributed by atoms with Gasteiger partial charge in [0, 0.05) is 16.8 Å². The Kier molecular flexibility index (Phi) is 6.10. The quantitative estimate of drug-likeness (QED) is 0.421. The van der Waals surface area contributed by atoms with Gasteiger partial charge >= 0.3 is 0 Å². The van der Waals surface area contributed by atoms with Crippen molar-refractivity contribution in [1.82, 2.24) is 25.1 Å². The predicted octanol–water partition coefficient (Wildman–Crippen LogP) is 3.51. The van der Waals surface area contributed by atoms with Crippen molar-refractivity contribution in [2.24, 2.45) is 0 Å². The minimum atomic E-state index is -0.0691. The van der Waals surface area contributed by atoms with Crippen LogP contribution in [0.15, 0.2) is 23.4 Å². The number of aryl methyl sites for hydroxylation is 2. The van der Waals surface area contributed by atoms with Crippen molar-refractivity contribution >= 4 is 40.3 Å². The van der Waals surface area contributed by atoms with Gasteiger partial charge in [0.2, 0.25) is 5.91 Å². The molecule has 0 saturated heterocycles. The lowest BCUT2D eigenvalue weighted by atomic mass is 10.2. The second-order valence-corrected chi connectivity index (χ2v) is 8.10. The number of carbonyl (C=O) groups is 1. The Morgan fingerprint density at radius 3 is 2.89 bits per heavy atom. The average molecular weight is 419 g/mol. The molecule has 0 bridgehead atoms. The lowest BCUT2D eigenvalue weighted by Gasteiger charge is -2.16. The van der Waals surface area contributed by atoms with Crippen molar-refractivity contribution in [3.8, 4) is 5.69 Å². The number of fused-ring (bicyclic) bond motifs is 1. The SMILES string of the molecule is CCC(C)NC(=O)CSc1nc2n[nH]c(C)c2c(=N)n1-c1cc(Cl)ccc1C. The monoisotopic (exact) mass is 418 g/mol. The molecule has 0 aliphatic heterocycles. The van der Waals surface area contributed by atoms with Crippen LogP contribution in [0, 0.1) is 19.3 Å². The Morgan fingerprint density at radius 2 is 2.18 bits per heavy atom. The maximum absolute atomic E-state index is 12.2. The van der Waals surface area contributed by atoms with Gasteiger partial charge in [0.25, 0.3) is 0 Å². The Bertz CT molecular complexity index is 1090. The van der Waals surface area contributed by atoms with Crippen LogP contribution >= 0.6 is 23.4 Å². The Morgan fingerprint density at radius 1 is 1.43 bits per heavy atom. The number of carbonyl (C=O) groups excluding carboxylic acids is 1. The van der Waals surface area contributed by atoms with E-state index >= 15 is 0 Å². The number of benzene rings is 1. The molecule has 0 spiro atoms. The summed E-state index contributed by atoms with van der Waals surface area (Å²) in [5.74, 6) is 0.131. The highest BCUT2D eigenvalue weighted by Crippen LogP contribution is 2.25. The molecule has 2 heterocycles. The number of hydrogen-bond donors (Lipinski definition) is 3. The van der Waals surface area contributed by atoms with Crippen molar-refractivity contribution in [2.75, 3.05) is 5.75 Å². The topological polar surface area (TPSA) is 99.5 Å². The van der Waals surface area contributed by atoms with E-state index in [0.29, 0.717) is 21.2 Å². The van der Waals surface area contributed by atoms with Gasteiger partial charge in [0.1, 0.15) is 5.49 Å². The van der Waals surface area contributed by atoms with Crippen LogP contribution in [-0.4, -0.2) is 37.5 Å². The van der Waals surface area contributed by atoms with Crippen LogP contribution < -0.4 is 10.8 Å². The normalized spacial score (nSPS) is 12.3. The lowest BCUT2D eigenvalue weighted by Crippen LogP contribution is -2.33. The van der Waals surface area contributed by atoms with Gasteiger partial charge in [-0.1, -0.05) is 36.4 Å². The van der Waals surface area contributed by atoms with E-state index in [2.05, 4.69) is 20.5 Å². The fraction of sp³-hybridized carbons (Fsp3) is 0.368. The van der Waals surface area contributed by atoms with Gasteiger partial charge in [-0.2, -0.15) is 5.10 Å². The number of nitrogens with zero attached hydrogens (tertiary/aromatic N) is 3. The number of nitrogens with one attached hydrogen (secondary N) is 3. The molecule has 9 heteroatoms. The molecular weight excluding hydrogens is 396 g/mol. The van der Waals surface area contributed by atoms with Crippen molar-refractivity contribution in [3.63, 3.8) is 0 Å². The third kappa shape index (κ3) is 4.07. The molecule has 28 heavy (non-hydrogen) atoms. The first-order valence-corrected chi connectivity index (χ1v) is 10.4. The van der Waals surface area contributed by atoms with E-state index in [4.69, 9.17) is 17.0 Å². The number of thioether (sulfide) groups is 1. The molecule has 0 aliphatic rings. The standard InChI is InChI=1S/C19H23ClN6OS/c1-5-11(3)22-15(27)9-28-19-23-18-16(12(4)24-25-18)17(21)26(19)14-8-13(20)7-6-10(14)2/h6-8,11,21H,5,9H2,1-4H3,(H,22,27)(H,24,25). The van der Waals surface area contributed by atoms with Crippen LogP contribution in [0.3, 0.4) is 0 Å². The number of aromatic nitrogens is 4. The first kappa shape index (κ1) is 20.4. The molecule has 2 aromatic heterocycles. The number of hydrogen-bond acceptors (Lipinski definition) is 5. The highest BCUT2D eigenvalue weighted by atomic mass is 35.5. The van der Waals surface area contributed by atoms with Crippen molar-refractivity contribution in [2.45, 2.75) is 45.3 Å². The van der Waals surface area contributed by atoms with Gasteiger partial charge in [0.05, 0.1) is 16.8 Å². The molecule has 1 unspecified atom stereocenters. The lowest BCUT2D eigenvalue weighted by molar-refractivity contribution is -0.119. The third-order valence-electron chi connectivity index (χ3n) is 4.55. The fourth-order valence-electron chi connectivity index (χ4n) is 2.82. The van der Waals surface area contributed by atoms with Gasteiger partial charge in [-0.3, -0.25) is 19.9 Å². The molecule has 3 N–H and O–H groups in total. The summed E-state index contributed by atoms with van der Waals surface area (Å²) >= 11 is 7.49. The summed E-state index contributed by atoms with van der Waals surface area (Å²) in [7, 11) is 0. The minimum Gasteiger partial charge on any atom is -0.353 e. The van der Waals surface area contributed by atoms with E-state index in [-0.39, 0.29) is 23.2 Å². The zero-order chi connectivity index (χ0) is 20.4. The van der Waals surface area contributed by atoms with E-state index in [1.165, 1.54) is 11.8 Å². The zero-order valence-corrected chi connectivity index (χ0v) is 17.8. The van der Waals surface area contributed by atoms with E-state index in [1.807, 2.05) is 39.8 Å². The van der Waals surface area contributed by atoms with E-state index in [9.17, 15) is 4.79 Å². The third-order valence-corrected chi connectivity index (χ3v) is 5.72. The smallest absolute Gasteiger partial charge is 0.230 e. The summed E-state index contributed by atoms with van der Waals surface area (Å²) < 4.78 is 1.73. The van der Waals surface area contributed by atoms with Crippen molar-refractivity contribution in [3.05, 3.63) is 40.0 Å². The fourth-order valence-corrected chi connectivity index (χ4v) is 3.80. The molecule has 0 fully saturated rings. The average Bonchev–Trinajstić information content (AvgIpc) is 3.03. The summed E-state index contributed by atoms with van der Waals surface area (Å²) in [4.78, 5) is 16.9. The Labute approximate surface area is 172 Å². The predicted molar refractivity (Wildman–Crippen MR) is 112 cm³/mol. The van der Waals surface area contributed by atoms with Gasteiger partial charge in [0.15, 0.2) is 10.8 Å². The number of amides is 1. The molecule has 1 amide bonds. The summed E-state index contributed by atoms with van der Waals surface area (Å²) in [6.07, 6.45) is 0.867. The second-order valence-electron chi connectivity index (χ2n) is 6.72. The molecule has 1 atom stereocenters. The molecule has 0 aliphatic carbocycles. The highest BCUT2D eigenvalue weighted by Gasteiger charge is 2.18. The molecule has 1 aromatic carbocycles. The van der Waals surface area contributed by atoms with Gasteiger partial charge in [-0.15, -0.1) is 0 Å². The summed E-state index contributed by atoms with van der Waals surface area (Å²) in [5.41, 5.74) is 3.20. The van der Waals surface area contributed by atoms with Crippen LogP contribution in [0.1, 0.15) is 31.5 Å². The van der Waals surface area contributed by atoms with Crippen LogP contribution in [-0.2, 0) is 4.79 Å². The van der Waals surface area contributed by atoms with Gasteiger partial charge in [-0.05, 0) is 44.9 Å². The number of aromatic amines is 1. The number of H-pyrrole nitrogens is 1. The molecule has 3 aromatic rings. The van der Waals surface area contributed by atoms with Crippen LogP contribution in [0.25, 0.3) is 16.7 Å². The largest absolute Gasteiger partial charge is 0.353 e. The van der Waals surface area contributed by atoms with Crippen LogP contribution in [0.4, 0.5) is 0 Å². The van der Waals surface area contributed by atoms with Crippen molar-refractivity contribution in [1.29, 1.82) is 5.41 Å². The molecular formula is C19H23ClN6OS. The first-order chi connectivity index (χ1) is 13.3. The Hall–Kier alpha value is -2.32. The van der Waals surface area contributed by atoms with Crippen LogP contribution in [0.5, 0.6) is 0 Å². The molecule has 0 radical (unpaired) electrons. The number of rotatable bonds is 6. The molecule has 7 nitrogen and oxygen atoms in total. The maximum atomic E-state index is 12.2. The summed E-state index contributed by atoms with van der Waals surface area (Å²) in [6.45, 7) is 7.80. The van der Waals surface area contributed by atoms with E-state index < -0.39 is 0 Å². The second kappa shape index (κ2) is 8.36. The molecule has 0 saturated carbocycles. The highest BCUT2D eigenvalue weighted by molar-refractivity contribution is 7.99. The summed E-state index contributed by atoms with van der Waals surface area (Å²) in [5, 5.41) is 20.5. The number of halogens is 1. The van der Waals surface area contributed by atoms with E-state index in [1.54, 1.807) is 10.6 Å². The minimum absolute atomic E-state index is 0.0691. The summed E-state index contributed by atoms with van der Waals surface area (Å²) in [6, 6.07) is 5.64. The zero-order valence-electron chi connectivity index (χ0n) is 16.3. The molecule has 148 valence electrons. The Balaban J connectivity index is 2.09. The van der Waals surface area contributed by atoms with Gasteiger partial charge < -0.3 is 5.32 Å². The van der Waals surface area contributed by atoms with Crippen molar-refractivity contribution < 1.29 is 4.79 Å². The van der Waals surface area contributed by atoms with E-state index in [0.717, 1.165) is 23.4 Å². The van der Waals surface area contributed by atoms with Gasteiger partial charge in [-0.25, -0.2) is 4.98 Å². The maximum Gasteiger partial charge on any atom is 0.230 e. The first-order valence-electron chi connectivity index (χ1n) is 9.02. The van der Waals surface area contributed by atoms with Crippen LogP contribution in [0.2, 0.25) is 5.02 Å².